The number of benzene rings is 2. The lowest BCUT2D eigenvalue weighted by Crippen LogP contribution is -2.14. The Hall–Kier alpha value is -3.08. The first-order chi connectivity index (χ1) is 13.2. The first-order valence-corrected chi connectivity index (χ1v) is 9.16. The first-order valence-electron chi connectivity index (χ1n) is 9.16. The van der Waals surface area contributed by atoms with Crippen LogP contribution in [-0.2, 0) is 11.2 Å². The van der Waals surface area contributed by atoms with Gasteiger partial charge in [-0.2, -0.15) is 0 Å². The van der Waals surface area contributed by atoms with Gasteiger partial charge in [0.1, 0.15) is 23.5 Å². The topological polar surface area (TPSA) is 72.6 Å². The molecule has 1 aromatic heterocycles. The van der Waals surface area contributed by atoms with Crippen molar-refractivity contribution in [1.82, 2.24) is 4.98 Å². The fraction of sp³-hybridized carbons (Fsp3) is 0.273. The number of hydrogen-bond acceptors (Lipinski definition) is 4. The van der Waals surface area contributed by atoms with E-state index in [9.17, 15) is 9.90 Å². The molecule has 0 saturated carbocycles. The zero-order valence-corrected chi connectivity index (χ0v) is 15.3. The normalized spacial score (nSPS) is 11.9. The van der Waals surface area contributed by atoms with Crippen molar-refractivity contribution in [1.29, 1.82) is 0 Å². The highest BCUT2D eigenvalue weighted by atomic mass is 16.5. The van der Waals surface area contributed by atoms with Crippen LogP contribution >= 0.6 is 0 Å². The van der Waals surface area contributed by atoms with Crippen LogP contribution in [0.5, 0.6) is 11.5 Å². The lowest BCUT2D eigenvalue weighted by Gasteiger charge is -2.08. The summed E-state index contributed by atoms with van der Waals surface area (Å²) < 4.78 is 11.3. The van der Waals surface area contributed by atoms with Gasteiger partial charge in [0, 0.05) is 12.0 Å². The summed E-state index contributed by atoms with van der Waals surface area (Å²) in [6.45, 7) is 1.99. The van der Waals surface area contributed by atoms with Crippen LogP contribution in [-0.4, -0.2) is 16.1 Å². The summed E-state index contributed by atoms with van der Waals surface area (Å²) >= 11 is 0. The maximum absolute atomic E-state index is 11.2. The fourth-order valence-electron chi connectivity index (χ4n) is 2.91. The molecule has 27 heavy (non-hydrogen) atoms. The zero-order chi connectivity index (χ0) is 19.1. The molecule has 5 nitrogen and oxygen atoms in total. The molecule has 5 heteroatoms. The smallest absolute Gasteiger partial charge is 0.306 e. The predicted octanol–water partition coefficient (Wildman–Crippen LogP) is 5.57. The van der Waals surface area contributed by atoms with E-state index in [1.807, 2.05) is 61.5 Å². The van der Waals surface area contributed by atoms with Crippen LogP contribution in [0, 0.1) is 5.92 Å². The van der Waals surface area contributed by atoms with Crippen LogP contribution in [0.3, 0.4) is 0 Å². The van der Waals surface area contributed by atoms with Crippen LogP contribution in [0.25, 0.3) is 11.3 Å². The largest absolute Gasteiger partial charge is 0.481 e. The Morgan fingerprint density at radius 2 is 1.78 bits per heavy atom. The molecular formula is C22H23NO4. The summed E-state index contributed by atoms with van der Waals surface area (Å²) in [6.07, 6.45) is 4.19. The number of para-hydroxylation sites is 1. The van der Waals surface area contributed by atoms with Crippen LogP contribution in [0.15, 0.2) is 65.3 Å². The molecule has 140 valence electrons. The maximum Gasteiger partial charge on any atom is 0.306 e. The maximum atomic E-state index is 11.2. The third kappa shape index (κ3) is 5.20. The minimum atomic E-state index is -0.752. The Bertz CT molecular complexity index is 856. The molecule has 1 atom stereocenters. The van der Waals surface area contributed by atoms with E-state index in [4.69, 9.17) is 9.15 Å². The van der Waals surface area contributed by atoms with Gasteiger partial charge in [-0.05, 0) is 49.2 Å². The summed E-state index contributed by atoms with van der Waals surface area (Å²) in [5.41, 5.74) is 1.66. The number of aryl methyl sites for hydroxylation is 1. The molecule has 1 N–H and O–H groups in total. The van der Waals surface area contributed by atoms with Crippen molar-refractivity contribution in [2.24, 2.45) is 5.92 Å². The van der Waals surface area contributed by atoms with Crippen LogP contribution in [0.1, 0.15) is 32.1 Å². The van der Waals surface area contributed by atoms with Gasteiger partial charge in [-0.1, -0.05) is 31.5 Å². The summed E-state index contributed by atoms with van der Waals surface area (Å²) in [5, 5.41) is 9.23. The van der Waals surface area contributed by atoms with E-state index in [1.54, 1.807) is 6.26 Å². The van der Waals surface area contributed by atoms with Gasteiger partial charge in [0.05, 0.1) is 5.92 Å². The van der Waals surface area contributed by atoms with E-state index in [0.717, 1.165) is 29.2 Å². The van der Waals surface area contributed by atoms with Gasteiger partial charge in [0.2, 0.25) is 0 Å². The number of ether oxygens (including phenoxy) is 1. The standard InChI is InChI=1S/C22H23NO4/c1-2-6-17(22(24)25)11-14-21-23-20(15-26-21)16-9-12-19(13-10-16)27-18-7-4-3-5-8-18/h3-5,7-10,12-13,15,17H,2,6,11,14H2,1H3,(H,24,25). The molecule has 0 bridgehead atoms. The highest BCUT2D eigenvalue weighted by Gasteiger charge is 2.17. The van der Waals surface area contributed by atoms with Gasteiger partial charge >= 0.3 is 5.97 Å². The average Bonchev–Trinajstić information content (AvgIpc) is 3.15. The van der Waals surface area contributed by atoms with Crippen molar-refractivity contribution < 1.29 is 19.1 Å². The van der Waals surface area contributed by atoms with E-state index >= 15 is 0 Å². The van der Waals surface area contributed by atoms with Crippen LogP contribution in [0.2, 0.25) is 0 Å². The van der Waals surface area contributed by atoms with Gasteiger partial charge < -0.3 is 14.3 Å². The highest BCUT2D eigenvalue weighted by Crippen LogP contribution is 2.26. The molecule has 3 aromatic rings. The van der Waals surface area contributed by atoms with Crippen molar-refractivity contribution in [3.05, 3.63) is 66.8 Å². The molecule has 0 fully saturated rings. The summed E-state index contributed by atoms with van der Waals surface area (Å²) in [4.78, 5) is 15.7. The number of aromatic nitrogens is 1. The van der Waals surface area contributed by atoms with Crippen molar-refractivity contribution in [2.45, 2.75) is 32.6 Å². The molecule has 0 amide bonds. The average molecular weight is 365 g/mol. The van der Waals surface area contributed by atoms with Crippen molar-refractivity contribution in [2.75, 3.05) is 0 Å². The number of carboxylic acid groups (broad SMARTS) is 1. The second-order valence-electron chi connectivity index (χ2n) is 6.43. The molecule has 0 saturated heterocycles. The fourth-order valence-corrected chi connectivity index (χ4v) is 2.91. The Morgan fingerprint density at radius 1 is 1.07 bits per heavy atom. The Kier molecular flexibility index (Phi) is 6.26. The lowest BCUT2D eigenvalue weighted by molar-refractivity contribution is -0.142. The number of oxazole rings is 1. The molecule has 3 rings (SSSR count). The zero-order valence-electron chi connectivity index (χ0n) is 15.3. The second kappa shape index (κ2) is 9.03. The van der Waals surface area contributed by atoms with E-state index in [0.29, 0.717) is 25.2 Å². The summed E-state index contributed by atoms with van der Waals surface area (Å²) in [5.74, 6) is 1.00. The molecule has 0 radical (unpaired) electrons. The first kappa shape index (κ1) is 18.7. The molecule has 0 aliphatic carbocycles. The van der Waals surface area contributed by atoms with E-state index in [1.165, 1.54) is 0 Å². The van der Waals surface area contributed by atoms with Crippen molar-refractivity contribution in [3.63, 3.8) is 0 Å². The summed E-state index contributed by atoms with van der Waals surface area (Å²) in [6, 6.07) is 17.2. The van der Waals surface area contributed by atoms with Gasteiger partial charge in [-0.15, -0.1) is 0 Å². The van der Waals surface area contributed by atoms with Crippen molar-refractivity contribution in [3.8, 4) is 22.8 Å². The molecule has 0 aliphatic rings. The van der Waals surface area contributed by atoms with E-state index < -0.39 is 5.97 Å². The lowest BCUT2D eigenvalue weighted by atomic mass is 9.98. The molecule has 1 heterocycles. The van der Waals surface area contributed by atoms with Gasteiger partial charge in [-0.25, -0.2) is 4.98 Å². The van der Waals surface area contributed by atoms with Crippen LogP contribution in [0.4, 0.5) is 0 Å². The number of carboxylic acids is 1. The molecule has 1 unspecified atom stereocenters. The van der Waals surface area contributed by atoms with E-state index in [2.05, 4.69) is 4.98 Å². The Balaban J connectivity index is 1.61. The molecular weight excluding hydrogens is 342 g/mol. The quantitative estimate of drug-likeness (QED) is 0.537. The number of hydrogen-bond donors (Lipinski definition) is 1. The monoisotopic (exact) mass is 365 g/mol. The summed E-state index contributed by atoms with van der Waals surface area (Å²) in [7, 11) is 0. The van der Waals surface area contributed by atoms with Crippen LogP contribution < -0.4 is 4.74 Å². The number of nitrogens with zero attached hydrogens (tertiary/aromatic N) is 1. The Labute approximate surface area is 158 Å². The number of aliphatic carboxylic acids is 1. The molecule has 2 aromatic carbocycles. The highest BCUT2D eigenvalue weighted by molar-refractivity contribution is 5.69. The minimum absolute atomic E-state index is 0.347. The SMILES string of the molecule is CCCC(CCc1nc(-c2ccc(Oc3ccccc3)cc2)co1)C(=O)O. The van der Waals surface area contributed by atoms with Gasteiger partial charge in [0.15, 0.2) is 5.89 Å². The van der Waals surface area contributed by atoms with Gasteiger partial charge in [0.25, 0.3) is 0 Å². The number of carbonyl (C=O) groups is 1. The second-order valence-corrected chi connectivity index (χ2v) is 6.43. The number of rotatable bonds is 9. The predicted molar refractivity (Wildman–Crippen MR) is 103 cm³/mol. The molecule has 0 spiro atoms. The van der Waals surface area contributed by atoms with Crippen molar-refractivity contribution >= 4 is 5.97 Å². The third-order valence-corrected chi connectivity index (χ3v) is 4.37. The van der Waals surface area contributed by atoms with E-state index in [-0.39, 0.29) is 5.92 Å². The minimum Gasteiger partial charge on any atom is -0.481 e. The Morgan fingerprint density at radius 3 is 2.44 bits per heavy atom. The third-order valence-electron chi connectivity index (χ3n) is 4.37. The molecule has 0 aliphatic heterocycles. The van der Waals surface area contributed by atoms with Gasteiger partial charge in [-0.3, -0.25) is 4.79 Å².